The molecule has 0 bridgehead atoms. The van der Waals surface area contributed by atoms with Gasteiger partial charge in [-0.15, -0.1) is 10.2 Å². The van der Waals surface area contributed by atoms with Gasteiger partial charge in [-0.3, -0.25) is 0 Å². The third kappa shape index (κ3) is 5.46. The topological polar surface area (TPSA) is 95.3 Å². The monoisotopic (exact) mass is 576 g/mol. The van der Waals surface area contributed by atoms with Crippen molar-refractivity contribution in [2.45, 2.75) is 51.4 Å². The Kier molecular flexibility index (Phi) is 6.83. The lowest BCUT2D eigenvalue weighted by molar-refractivity contribution is -0.156. The fourth-order valence-corrected chi connectivity index (χ4v) is 6.18. The summed E-state index contributed by atoms with van der Waals surface area (Å²) in [6.07, 6.45) is 5.61. The van der Waals surface area contributed by atoms with Crippen molar-refractivity contribution in [2.75, 3.05) is 18.0 Å². The molecule has 2 aliphatic heterocycles. The second kappa shape index (κ2) is 10.3. The molecule has 2 aromatic heterocycles. The number of tetrazole rings is 1. The van der Waals surface area contributed by atoms with E-state index >= 15 is 0 Å². The Balaban J connectivity index is 1.17. The predicted octanol–water partition coefficient (Wildman–Crippen LogP) is 5.66. The van der Waals surface area contributed by atoms with Gasteiger partial charge in [-0.05, 0) is 55.3 Å². The second-order valence-corrected chi connectivity index (χ2v) is 12.3. The van der Waals surface area contributed by atoms with Crippen LogP contribution in [0.2, 0.25) is 5.02 Å². The summed E-state index contributed by atoms with van der Waals surface area (Å²) in [4.78, 5) is 21.0. The number of ether oxygens (including phenoxy) is 2. The van der Waals surface area contributed by atoms with E-state index < -0.39 is 17.2 Å². The van der Waals surface area contributed by atoms with Gasteiger partial charge >= 0.3 is 5.97 Å². The van der Waals surface area contributed by atoms with Crippen LogP contribution in [0.1, 0.15) is 44.7 Å². The van der Waals surface area contributed by atoms with E-state index in [1.807, 2.05) is 57.2 Å². The third-order valence-electron chi connectivity index (χ3n) is 6.79. The summed E-state index contributed by atoms with van der Waals surface area (Å²) in [6.45, 7) is 6.91. The van der Waals surface area contributed by atoms with Crippen LogP contribution >= 0.6 is 22.9 Å². The molecule has 9 nitrogen and oxygen atoms in total. The van der Waals surface area contributed by atoms with Crippen LogP contribution in [0.4, 0.5) is 5.13 Å². The summed E-state index contributed by atoms with van der Waals surface area (Å²) < 4.78 is 12.0. The Labute approximate surface area is 241 Å². The number of rotatable bonds is 5. The molecule has 1 spiro atoms. The van der Waals surface area contributed by atoms with Gasteiger partial charge in [0.15, 0.2) is 11.7 Å². The number of carbonyl (C=O) groups excluding carboxylic acids is 1. The summed E-state index contributed by atoms with van der Waals surface area (Å²) in [7, 11) is 0. The molecule has 40 heavy (non-hydrogen) atoms. The van der Waals surface area contributed by atoms with Crippen LogP contribution in [0.3, 0.4) is 0 Å². The zero-order valence-corrected chi connectivity index (χ0v) is 24.1. The summed E-state index contributed by atoms with van der Waals surface area (Å²) >= 11 is 8.15. The predicted molar refractivity (Wildman–Crippen MR) is 155 cm³/mol. The molecular formula is C29H29ClN6O3S. The number of aromatic nitrogens is 5. The molecule has 2 aromatic carbocycles. The van der Waals surface area contributed by atoms with Crippen molar-refractivity contribution < 1.29 is 14.3 Å². The highest BCUT2D eigenvalue weighted by atomic mass is 35.5. The fourth-order valence-electron chi connectivity index (χ4n) is 5.02. The zero-order chi connectivity index (χ0) is 27.9. The average molecular weight is 577 g/mol. The number of halogens is 1. The number of thiazole rings is 1. The highest BCUT2D eigenvalue weighted by molar-refractivity contribution is 7.18. The molecule has 1 saturated heterocycles. The minimum Gasteiger partial charge on any atom is -0.482 e. The summed E-state index contributed by atoms with van der Waals surface area (Å²) in [5, 5.41) is 14.0. The highest BCUT2D eigenvalue weighted by Gasteiger charge is 2.40. The van der Waals surface area contributed by atoms with Crippen molar-refractivity contribution in [3.05, 3.63) is 77.0 Å². The van der Waals surface area contributed by atoms with E-state index in [-0.39, 0.29) is 6.54 Å². The largest absolute Gasteiger partial charge is 0.482 e. The number of hydrogen-bond donors (Lipinski definition) is 0. The highest BCUT2D eigenvalue weighted by Crippen LogP contribution is 2.46. The van der Waals surface area contributed by atoms with Crippen molar-refractivity contribution in [2.24, 2.45) is 0 Å². The number of hydrogen-bond acceptors (Lipinski definition) is 9. The van der Waals surface area contributed by atoms with E-state index in [1.54, 1.807) is 6.20 Å². The number of carbonyl (C=O) groups is 1. The van der Waals surface area contributed by atoms with Gasteiger partial charge in [-0.1, -0.05) is 59.3 Å². The van der Waals surface area contributed by atoms with Crippen molar-refractivity contribution in [3.8, 4) is 16.5 Å². The Morgan fingerprint density at radius 1 is 1.12 bits per heavy atom. The molecule has 4 aromatic rings. The molecule has 0 N–H and O–H groups in total. The maximum Gasteiger partial charge on any atom is 0.330 e. The first-order valence-corrected chi connectivity index (χ1v) is 14.3. The van der Waals surface area contributed by atoms with Crippen LogP contribution in [0.5, 0.6) is 5.75 Å². The SMILES string of the molecule is CC(C)(C)OC(=O)Cn1nnc(-c2cnc(N3CCC4(C=C(c5ccccc5)c5c(Cl)cccc5O4)CC3)s2)n1. The lowest BCUT2D eigenvalue weighted by atomic mass is 9.83. The van der Waals surface area contributed by atoms with Crippen LogP contribution in [0, 0.1) is 0 Å². The summed E-state index contributed by atoms with van der Waals surface area (Å²) in [5.74, 6) is 0.836. The van der Waals surface area contributed by atoms with Gasteiger partial charge in [0, 0.05) is 31.5 Å². The van der Waals surface area contributed by atoms with Gasteiger partial charge in [-0.2, -0.15) is 4.80 Å². The Morgan fingerprint density at radius 2 is 1.90 bits per heavy atom. The van der Waals surface area contributed by atoms with E-state index in [0.29, 0.717) is 10.8 Å². The van der Waals surface area contributed by atoms with E-state index in [2.05, 4.69) is 43.5 Å². The van der Waals surface area contributed by atoms with Gasteiger partial charge in [-0.25, -0.2) is 9.78 Å². The Morgan fingerprint density at radius 3 is 2.65 bits per heavy atom. The third-order valence-corrected chi connectivity index (χ3v) is 8.16. The second-order valence-electron chi connectivity index (χ2n) is 10.9. The van der Waals surface area contributed by atoms with Crippen LogP contribution in [-0.2, 0) is 16.1 Å². The quantitative estimate of drug-likeness (QED) is 0.281. The van der Waals surface area contributed by atoms with E-state index in [4.69, 9.17) is 21.1 Å². The van der Waals surface area contributed by atoms with Gasteiger partial charge in [0.1, 0.15) is 17.0 Å². The first-order chi connectivity index (χ1) is 19.2. The van der Waals surface area contributed by atoms with Crippen molar-refractivity contribution in [3.63, 3.8) is 0 Å². The van der Waals surface area contributed by atoms with Crippen LogP contribution in [0.25, 0.3) is 16.3 Å². The molecule has 11 heteroatoms. The molecular weight excluding hydrogens is 548 g/mol. The number of anilines is 1. The number of esters is 1. The van der Waals surface area contributed by atoms with E-state index in [0.717, 1.165) is 58.4 Å². The molecule has 0 amide bonds. The molecule has 0 unspecified atom stereocenters. The maximum atomic E-state index is 12.1. The summed E-state index contributed by atoms with van der Waals surface area (Å²) in [5.41, 5.74) is 2.18. The first-order valence-electron chi connectivity index (χ1n) is 13.2. The number of nitrogens with zero attached hydrogens (tertiary/aromatic N) is 6. The standard InChI is InChI=1S/C29H29ClN6O3S/c1-28(2,3)39-24(37)18-36-33-26(32-34-36)23-17-31-27(40-23)35-14-12-29(13-15-35)16-20(19-8-5-4-6-9-19)25-21(30)10-7-11-22(25)38-29/h4-11,16-17H,12-15,18H2,1-3H3. The molecule has 0 saturated carbocycles. The Hall–Kier alpha value is -3.76. The van der Waals surface area contributed by atoms with Gasteiger partial charge in [0.2, 0.25) is 5.82 Å². The number of piperidine rings is 1. The first kappa shape index (κ1) is 26.5. The van der Waals surface area contributed by atoms with Crippen LogP contribution in [-0.4, -0.2) is 55.5 Å². The van der Waals surface area contributed by atoms with Crippen molar-refractivity contribution in [1.82, 2.24) is 25.2 Å². The maximum absolute atomic E-state index is 12.1. The fraction of sp³-hybridized carbons (Fsp3) is 0.345. The van der Waals surface area contributed by atoms with Crippen LogP contribution in [0.15, 0.2) is 60.8 Å². The molecule has 0 atom stereocenters. The molecule has 6 rings (SSSR count). The molecule has 0 radical (unpaired) electrons. The minimum atomic E-state index is -0.571. The van der Waals surface area contributed by atoms with Crippen molar-refractivity contribution in [1.29, 1.82) is 0 Å². The molecule has 2 aliphatic rings. The minimum absolute atomic E-state index is 0.100. The lowest BCUT2D eigenvalue weighted by Gasteiger charge is -2.43. The van der Waals surface area contributed by atoms with E-state index in [1.165, 1.54) is 16.1 Å². The lowest BCUT2D eigenvalue weighted by Crippen LogP contribution is -2.48. The number of fused-ring (bicyclic) bond motifs is 1. The smallest absolute Gasteiger partial charge is 0.330 e. The molecule has 1 fully saturated rings. The van der Waals surface area contributed by atoms with E-state index in [9.17, 15) is 4.79 Å². The van der Waals surface area contributed by atoms with Gasteiger partial charge in [0.05, 0.1) is 16.1 Å². The van der Waals surface area contributed by atoms with Gasteiger partial charge < -0.3 is 14.4 Å². The number of benzene rings is 2. The molecule has 206 valence electrons. The zero-order valence-electron chi connectivity index (χ0n) is 22.5. The average Bonchev–Trinajstić information content (AvgIpc) is 3.58. The Bertz CT molecular complexity index is 1570. The van der Waals surface area contributed by atoms with Crippen molar-refractivity contribution >= 4 is 39.6 Å². The molecule has 4 heterocycles. The molecule has 0 aliphatic carbocycles. The van der Waals surface area contributed by atoms with Crippen LogP contribution < -0.4 is 9.64 Å². The summed E-state index contributed by atoms with van der Waals surface area (Å²) in [6, 6.07) is 16.2. The normalized spacial score (nSPS) is 16.3. The van der Waals surface area contributed by atoms with Gasteiger partial charge in [0.25, 0.3) is 0 Å².